The Bertz CT molecular complexity index is 465. The van der Waals surface area contributed by atoms with Gasteiger partial charge in [0.2, 0.25) is 0 Å². The molecule has 84 valence electrons. The largest absolute Gasteiger partial charge is 0.319 e. The van der Waals surface area contributed by atoms with Gasteiger partial charge >= 0.3 is 0 Å². The summed E-state index contributed by atoms with van der Waals surface area (Å²) >= 11 is 3.56. The Morgan fingerprint density at radius 1 is 1.38 bits per heavy atom. The quantitative estimate of drug-likeness (QED) is 0.932. The molecule has 0 aliphatic carbocycles. The van der Waals surface area contributed by atoms with Gasteiger partial charge in [0.15, 0.2) is 0 Å². The lowest BCUT2D eigenvalue weighted by Crippen LogP contribution is -2.13. The van der Waals surface area contributed by atoms with Gasteiger partial charge in [0, 0.05) is 29.8 Å². The molecule has 0 fully saturated rings. The van der Waals surface area contributed by atoms with Crippen molar-refractivity contribution in [3.63, 3.8) is 0 Å². The van der Waals surface area contributed by atoms with Crippen LogP contribution >= 0.6 is 15.9 Å². The van der Waals surface area contributed by atoms with Gasteiger partial charge in [-0.25, -0.2) is 4.98 Å². The number of imidazole rings is 1. The van der Waals surface area contributed by atoms with Gasteiger partial charge in [-0.1, -0.05) is 12.1 Å². The number of hydrogen-bond donors (Lipinski definition) is 1. The molecule has 2 rings (SSSR count). The van der Waals surface area contributed by atoms with E-state index in [1.165, 1.54) is 0 Å². The van der Waals surface area contributed by atoms with Gasteiger partial charge in [-0.15, -0.1) is 0 Å². The molecule has 0 amide bonds. The number of hydrogen-bond acceptors (Lipinski definition) is 2. The van der Waals surface area contributed by atoms with Crippen molar-refractivity contribution in [3.05, 3.63) is 47.0 Å². The van der Waals surface area contributed by atoms with Gasteiger partial charge in [-0.05, 0) is 35.1 Å². The summed E-state index contributed by atoms with van der Waals surface area (Å²) in [6.45, 7) is 0.932. The van der Waals surface area contributed by atoms with E-state index >= 15 is 0 Å². The van der Waals surface area contributed by atoms with E-state index in [1.54, 1.807) is 0 Å². The lowest BCUT2D eigenvalue weighted by molar-refractivity contribution is 0.743. The van der Waals surface area contributed by atoms with Crippen LogP contribution in [0.2, 0.25) is 0 Å². The third-order valence-corrected chi connectivity index (χ3v) is 3.10. The number of likely N-dealkylation sites (N-methyl/N-ethyl adjacent to an activating group) is 1. The number of aromatic nitrogens is 2. The highest BCUT2D eigenvalue weighted by atomic mass is 79.9. The molecule has 1 N–H and O–H groups in total. The predicted octanol–water partition coefficient (Wildman–Crippen LogP) is 2.40. The van der Waals surface area contributed by atoms with Gasteiger partial charge in [0.1, 0.15) is 5.82 Å². The Hall–Kier alpha value is -1.13. The van der Waals surface area contributed by atoms with Gasteiger partial charge in [-0.3, -0.25) is 0 Å². The summed E-state index contributed by atoms with van der Waals surface area (Å²) in [7, 11) is 1.95. The molecular weight excluding hydrogens is 266 g/mol. The van der Waals surface area contributed by atoms with E-state index in [4.69, 9.17) is 0 Å². The van der Waals surface area contributed by atoms with E-state index in [0.29, 0.717) is 0 Å². The molecule has 16 heavy (non-hydrogen) atoms. The summed E-state index contributed by atoms with van der Waals surface area (Å²) in [5.74, 6) is 1.07. The number of rotatable bonds is 4. The molecule has 0 saturated carbocycles. The molecule has 1 aromatic carbocycles. The first kappa shape index (κ1) is 11.4. The molecule has 0 radical (unpaired) electrons. The second-order valence-electron chi connectivity index (χ2n) is 3.52. The Morgan fingerprint density at radius 2 is 2.19 bits per heavy atom. The molecule has 3 nitrogen and oxygen atoms in total. The molecule has 0 bridgehead atoms. The van der Waals surface area contributed by atoms with Gasteiger partial charge in [0.25, 0.3) is 0 Å². The van der Waals surface area contributed by atoms with Crippen molar-refractivity contribution in [1.29, 1.82) is 0 Å². The minimum Gasteiger partial charge on any atom is -0.319 e. The molecular formula is C12H14BrN3. The fourth-order valence-corrected chi connectivity index (χ4v) is 2.10. The third kappa shape index (κ3) is 2.33. The van der Waals surface area contributed by atoms with Crippen LogP contribution in [-0.4, -0.2) is 23.1 Å². The summed E-state index contributed by atoms with van der Waals surface area (Å²) in [6.07, 6.45) is 4.75. The standard InChI is InChI=1S/C12H14BrN3/c1-14-7-6-12-15-8-9-16(12)11-5-3-2-4-10(11)13/h2-5,8-9,14H,6-7H2,1H3. The van der Waals surface area contributed by atoms with E-state index in [-0.39, 0.29) is 0 Å². The molecule has 0 unspecified atom stereocenters. The third-order valence-electron chi connectivity index (χ3n) is 2.43. The first-order valence-corrected chi connectivity index (χ1v) is 6.04. The zero-order valence-corrected chi connectivity index (χ0v) is 10.7. The van der Waals surface area contributed by atoms with Crippen molar-refractivity contribution in [2.45, 2.75) is 6.42 Å². The minimum atomic E-state index is 0.921. The highest BCUT2D eigenvalue weighted by Gasteiger charge is 2.06. The summed E-state index contributed by atoms with van der Waals surface area (Å²) in [5.41, 5.74) is 1.13. The molecule has 0 spiro atoms. The van der Waals surface area contributed by atoms with E-state index in [2.05, 4.69) is 36.9 Å². The maximum absolute atomic E-state index is 4.37. The molecule has 0 aliphatic heterocycles. The smallest absolute Gasteiger partial charge is 0.114 e. The highest BCUT2D eigenvalue weighted by Crippen LogP contribution is 2.21. The maximum atomic E-state index is 4.37. The van der Waals surface area contributed by atoms with Crippen LogP contribution in [0.1, 0.15) is 5.82 Å². The summed E-state index contributed by atoms with van der Waals surface area (Å²) in [5, 5.41) is 3.13. The highest BCUT2D eigenvalue weighted by molar-refractivity contribution is 9.10. The molecule has 0 saturated heterocycles. The van der Waals surface area contributed by atoms with E-state index < -0.39 is 0 Å². The summed E-state index contributed by atoms with van der Waals surface area (Å²) < 4.78 is 3.19. The topological polar surface area (TPSA) is 29.9 Å². The average Bonchev–Trinajstić information content (AvgIpc) is 2.75. The van der Waals surface area contributed by atoms with Crippen LogP contribution in [0.15, 0.2) is 41.1 Å². The Balaban J connectivity index is 2.33. The van der Waals surface area contributed by atoms with Crippen molar-refractivity contribution < 1.29 is 0 Å². The monoisotopic (exact) mass is 279 g/mol. The Morgan fingerprint density at radius 3 is 2.94 bits per heavy atom. The summed E-state index contributed by atoms with van der Waals surface area (Å²) in [6, 6.07) is 8.16. The zero-order valence-electron chi connectivity index (χ0n) is 9.15. The molecule has 1 aromatic heterocycles. The predicted molar refractivity (Wildman–Crippen MR) is 68.9 cm³/mol. The average molecular weight is 280 g/mol. The van der Waals surface area contributed by atoms with Crippen molar-refractivity contribution in [2.24, 2.45) is 0 Å². The van der Waals surface area contributed by atoms with Crippen LogP contribution in [-0.2, 0) is 6.42 Å². The van der Waals surface area contributed by atoms with Crippen LogP contribution in [0.4, 0.5) is 0 Å². The van der Waals surface area contributed by atoms with Crippen molar-refractivity contribution in [2.75, 3.05) is 13.6 Å². The Kier molecular flexibility index (Phi) is 3.74. The van der Waals surface area contributed by atoms with Crippen LogP contribution in [0.3, 0.4) is 0 Å². The van der Waals surface area contributed by atoms with Crippen molar-refractivity contribution >= 4 is 15.9 Å². The zero-order chi connectivity index (χ0) is 11.4. The molecule has 4 heteroatoms. The molecule has 1 heterocycles. The first-order chi connectivity index (χ1) is 7.83. The fourth-order valence-electron chi connectivity index (χ4n) is 1.62. The number of nitrogens with one attached hydrogen (secondary N) is 1. The van der Waals surface area contributed by atoms with E-state index in [9.17, 15) is 0 Å². The van der Waals surface area contributed by atoms with Crippen LogP contribution in [0, 0.1) is 0 Å². The van der Waals surface area contributed by atoms with Crippen LogP contribution in [0.25, 0.3) is 5.69 Å². The number of halogens is 1. The van der Waals surface area contributed by atoms with Crippen molar-refractivity contribution in [3.8, 4) is 5.69 Å². The second kappa shape index (κ2) is 5.27. The minimum absolute atomic E-state index is 0.921. The van der Waals surface area contributed by atoms with E-state index in [0.717, 1.165) is 29.0 Å². The van der Waals surface area contributed by atoms with Gasteiger partial charge in [0.05, 0.1) is 5.69 Å². The normalized spacial score (nSPS) is 10.6. The Labute approximate surface area is 104 Å². The molecule has 0 aliphatic rings. The second-order valence-corrected chi connectivity index (χ2v) is 4.37. The molecule has 2 aromatic rings. The van der Waals surface area contributed by atoms with E-state index in [1.807, 2.05) is 37.6 Å². The summed E-state index contributed by atoms with van der Waals surface area (Å²) in [4.78, 5) is 4.37. The van der Waals surface area contributed by atoms with Crippen LogP contribution in [0.5, 0.6) is 0 Å². The van der Waals surface area contributed by atoms with Gasteiger partial charge < -0.3 is 9.88 Å². The number of para-hydroxylation sites is 1. The fraction of sp³-hybridized carbons (Fsp3) is 0.250. The number of benzene rings is 1. The van der Waals surface area contributed by atoms with Gasteiger partial charge in [-0.2, -0.15) is 0 Å². The van der Waals surface area contributed by atoms with Crippen molar-refractivity contribution in [1.82, 2.24) is 14.9 Å². The SMILES string of the molecule is CNCCc1nccn1-c1ccccc1Br. The number of nitrogens with zero attached hydrogens (tertiary/aromatic N) is 2. The van der Waals surface area contributed by atoms with Crippen LogP contribution < -0.4 is 5.32 Å². The molecule has 0 atom stereocenters. The lowest BCUT2D eigenvalue weighted by atomic mass is 10.3. The lowest BCUT2D eigenvalue weighted by Gasteiger charge is -2.09. The maximum Gasteiger partial charge on any atom is 0.114 e. The first-order valence-electron chi connectivity index (χ1n) is 5.24.